The first-order valence-corrected chi connectivity index (χ1v) is 13.9. The van der Waals surface area contributed by atoms with Gasteiger partial charge in [0.05, 0.1) is 24.2 Å². The summed E-state index contributed by atoms with van der Waals surface area (Å²) in [5.74, 6) is 1.87. The summed E-state index contributed by atoms with van der Waals surface area (Å²) in [6.45, 7) is 4.15. The molecular weight excluding hydrogens is 533 g/mol. The molecule has 3 saturated heterocycles. The summed E-state index contributed by atoms with van der Waals surface area (Å²) in [7, 11) is 1.60. The lowest BCUT2D eigenvalue weighted by molar-refractivity contribution is -0.137. The van der Waals surface area contributed by atoms with E-state index in [1.54, 1.807) is 13.3 Å². The Balaban J connectivity index is 1.38. The van der Waals surface area contributed by atoms with Crippen LogP contribution in [0, 0.1) is 11.8 Å². The number of ether oxygens (including phenoxy) is 1. The van der Waals surface area contributed by atoms with Gasteiger partial charge in [0.25, 0.3) is 10.9 Å². The first kappa shape index (κ1) is 27.3. The second kappa shape index (κ2) is 10.5. The number of aromatic nitrogens is 1. The smallest absolute Gasteiger partial charge is 0.416 e. The lowest BCUT2D eigenvalue weighted by Crippen LogP contribution is -2.56. The molecule has 0 amide bonds. The molecule has 3 aromatic carbocycles. The van der Waals surface area contributed by atoms with E-state index in [0.717, 1.165) is 61.0 Å². The van der Waals surface area contributed by atoms with Crippen LogP contribution in [0.5, 0.6) is 5.75 Å². The molecule has 3 aliphatic heterocycles. The number of nitrogens with one attached hydrogen (secondary N) is 2. The molecule has 4 aromatic rings. The SMILES string of the molecule is CC[C@H]1CN2CC[C@H]1C[C@H]2[C@@H](Nc1c(Nc2ccc(C(F)(F)F)cc2)c(=O)c1=O)c1ccnc2ccc(OC)cc12. The van der Waals surface area contributed by atoms with Gasteiger partial charge in [-0.3, -0.25) is 19.5 Å². The third kappa shape index (κ3) is 4.94. The van der Waals surface area contributed by atoms with Crippen LogP contribution in [0.15, 0.2) is 64.3 Å². The highest BCUT2D eigenvalue weighted by atomic mass is 19.4. The van der Waals surface area contributed by atoms with Gasteiger partial charge in [-0.2, -0.15) is 13.2 Å². The summed E-state index contributed by atoms with van der Waals surface area (Å²) in [4.78, 5) is 32.6. The van der Waals surface area contributed by atoms with Crippen molar-refractivity contribution in [3.05, 3.63) is 86.3 Å². The average molecular weight is 565 g/mol. The number of anilines is 3. The van der Waals surface area contributed by atoms with E-state index >= 15 is 0 Å². The molecule has 214 valence electrons. The molecule has 3 fully saturated rings. The Morgan fingerprint density at radius 3 is 2.49 bits per heavy atom. The van der Waals surface area contributed by atoms with Crippen LogP contribution < -0.4 is 26.2 Å². The summed E-state index contributed by atoms with van der Waals surface area (Å²) >= 11 is 0. The molecule has 0 spiro atoms. The molecule has 0 aliphatic carbocycles. The van der Waals surface area contributed by atoms with Crippen molar-refractivity contribution in [2.45, 2.75) is 44.4 Å². The predicted octanol–water partition coefficient (Wildman–Crippen LogP) is 5.88. The minimum Gasteiger partial charge on any atom is -0.497 e. The first-order valence-electron chi connectivity index (χ1n) is 13.9. The summed E-state index contributed by atoms with van der Waals surface area (Å²) in [6, 6.07) is 11.7. The Kier molecular flexibility index (Phi) is 6.97. The molecular formula is C31H31F3N4O3. The van der Waals surface area contributed by atoms with Gasteiger partial charge in [-0.25, -0.2) is 0 Å². The van der Waals surface area contributed by atoms with Gasteiger partial charge in [-0.05, 0) is 85.3 Å². The standard InChI is InChI=1S/C31H31F3N4O3/c1-3-17-16-38-13-11-18(17)14-25(38)26(22-10-12-35-24-9-8-21(41-2)15-23(22)24)37-28-27(29(39)30(28)40)36-20-6-4-19(5-7-20)31(32,33)34/h4-10,12,15,17-18,25-26,36-37H,3,11,13-14,16H2,1-2H3/t17-,18-,25-,26-/m0/s1. The lowest BCUT2D eigenvalue weighted by atomic mass is 9.72. The summed E-state index contributed by atoms with van der Waals surface area (Å²) in [5.41, 5.74) is 0.0548. The van der Waals surface area contributed by atoms with Gasteiger partial charge >= 0.3 is 6.18 Å². The molecule has 2 N–H and O–H groups in total. The Bertz CT molecular complexity index is 1650. The Morgan fingerprint density at radius 1 is 1.07 bits per heavy atom. The van der Waals surface area contributed by atoms with Gasteiger partial charge in [0.2, 0.25) is 0 Å². The molecule has 4 heterocycles. The van der Waals surface area contributed by atoms with E-state index in [1.165, 1.54) is 12.1 Å². The second-order valence-corrected chi connectivity index (χ2v) is 11.0. The fourth-order valence-corrected chi connectivity index (χ4v) is 6.61. The quantitative estimate of drug-likeness (QED) is 0.259. The van der Waals surface area contributed by atoms with Gasteiger partial charge < -0.3 is 15.4 Å². The maximum Gasteiger partial charge on any atom is 0.416 e. The minimum absolute atomic E-state index is 0.0538. The van der Waals surface area contributed by atoms with Crippen molar-refractivity contribution in [3.63, 3.8) is 0 Å². The van der Waals surface area contributed by atoms with Gasteiger partial charge in [-0.1, -0.05) is 13.3 Å². The molecule has 10 heteroatoms. The molecule has 0 radical (unpaired) electrons. The van der Waals surface area contributed by atoms with E-state index in [-0.39, 0.29) is 29.1 Å². The number of alkyl halides is 3. The van der Waals surface area contributed by atoms with Crippen molar-refractivity contribution in [2.24, 2.45) is 11.8 Å². The maximum atomic E-state index is 13.0. The number of piperidine rings is 3. The van der Waals surface area contributed by atoms with Crippen molar-refractivity contribution < 1.29 is 17.9 Å². The predicted molar refractivity (Wildman–Crippen MR) is 153 cm³/mol. The van der Waals surface area contributed by atoms with Crippen molar-refractivity contribution in [1.29, 1.82) is 0 Å². The number of hydrogen-bond acceptors (Lipinski definition) is 7. The van der Waals surface area contributed by atoms with Crippen LogP contribution in [0.25, 0.3) is 10.9 Å². The molecule has 3 aliphatic rings. The average Bonchev–Trinajstić information content (AvgIpc) is 3.00. The van der Waals surface area contributed by atoms with E-state index in [9.17, 15) is 22.8 Å². The molecule has 7 rings (SSSR count). The normalized spacial score (nSPS) is 23.0. The summed E-state index contributed by atoms with van der Waals surface area (Å²) < 4.78 is 44.6. The van der Waals surface area contributed by atoms with E-state index in [0.29, 0.717) is 17.6 Å². The zero-order valence-corrected chi connectivity index (χ0v) is 22.8. The van der Waals surface area contributed by atoms with E-state index in [4.69, 9.17) is 4.74 Å². The highest BCUT2D eigenvalue weighted by Gasteiger charge is 2.44. The van der Waals surface area contributed by atoms with Crippen molar-refractivity contribution in [2.75, 3.05) is 30.8 Å². The zero-order chi connectivity index (χ0) is 28.9. The fourth-order valence-electron chi connectivity index (χ4n) is 6.61. The zero-order valence-electron chi connectivity index (χ0n) is 22.8. The molecule has 7 nitrogen and oxygen atoms in total. The number of nitrogens with zero attached hydrogens (tertiary/aromatic N) is 2. The molecule has 41 heavy (non-hydrogen) atoms. The number of fused-ring (bicyclic) bond motifs is 4. The van der Waals surface area contributed by atoms with Crippen LogP contribution in [0.2, 0.25) is 0 Å². The van der Waals surface area contributed by atoms with Gasteiger partial charge in [0.1, 0.15) is 17.1 Å². The van der Waals surface area contributed by atoms with Crippen molar-refractivity contribution in [3.8, 4) is 5.75 Å². The van der Waals surface area contributed by atoms with Crippen LogP contribution in [0.1, 0.15) is 43.4 Å². The molecule has 1 aromatic heterocycles. The molecule has 1 unspecified atom stereocenters. The van der Waals surface area contributed by atoms with Crippen molar-refractivity contribution in [1.82, 2.24) is 9.88 Å². The number of rotatable bonds is 8. The number of methoxy groups -OCH3 is 1. The number of benzene rings is 2. The number of halogens is 3. The highest BCUT2D eigenvalue weighted by molar-refractivity contribution is 5.85. The minimum atomic E-state index is -4.47. The third-order valence-electron chi connectivity index (χ3n) is 8.85. The highest BCUT2D eigenvalue weighted by Crippen LogP contribution is 2.44. The van der Waals surface area contributed by atoms with E-state index in [1.807, 2.05) is 24.3 Å². The first-order chi connectivity index (χ1) is 19.7. The topological polar surface area (TPSA) is 83.6 Å². The molecule has 2 bridgehead atoms. The van der Waals surface area contributed by atoms with Gasteiger partial charge in [-0.15, -0.1) is 0 Å². The molecule has 0 saturated carbocycles. The molecule has 5 atom stereocenters. The summed E-state index contributed by atoms with van der Waals surface area (Å²) in [6.07, 6.45) is 0.463. The van der Waals surface area contributed by atoms with Crippen LogP contribution >= 0.6 is 0 Å². The Morgan fingerprint density at radius 2 is 1.83 bits per heavy atom. The second-order valence-electron chi connectivity index (χ2n) is 11.0. The van der Waals surface area contributed by atoms with Crippen LogP contribution in [-0.2, 0) is 6.18 Å². The van der Waals surface area contributed by atoms with E-state index in [2.05, 4.69) is 27.4 Å². The lowest BCUT2D eigenvalue weighted by Gasteiger charge is -2.52. The number of hydrogen-bond donors (Lipinski definition) is 2. The van der Waals surface area contributed by atoms with Crippen LogP contribution in [0.3, 0.4) is 0 Å². The number of pyridine rings is 1. The largest absolute Gasteiger partial charge is 0.497 e. The monoisotopic (exact) mass is 564 g/mol. The Hall–Kier alpha value is -3.92. The van der Waals surface area contributed by atoms with E-state index < -0.39 is 22.6 Å². The van der Waals surface area contributed by atoms with Gasteiger partial charge in [0.15, 0.2) is 0 Å². The third-order valence-corrected chi connectivity index (χ3v) is 8.85. The van der Waals surface area contributed by atoms with Crippen LogP contribution in [-0.4, -0.2) is 36.1 Å². The van der Waals surface area contributed by atoms with Gasteiger partial charge in [0, 0.05) is 29.9 Å². The maximum absolute atomic E-state index is 13.0. The summed E-state index contributed by atoms with van der Waals surface area (Å²) in [5, 5.41) is 7.20. The fraction of sp³-hybridized carbons (Fsp3) is 0.387. The Labute approximate surface area is 235 Å². The van der Waals surface area contributed by atoms with Crippen molar-refractivity contribution >= 4 is 28.0 Å². The van der Waals surface area contributed by atoms with Crippen LogP contribution in [0.4, 0.5) is 30.2 Å².